The number of rotatable bonds is 4. The lowest BCUT2D eigenvalue weighted by atomic mass is 10.2. The van der Waals surface area contributed by atoms with Gasteiger partial charge in [-0.05, 0) is 20.5 Å². The van der Waals surface area contributed by atoms with Gasteiger partial charge in [0.1, 0.15) is 5.01 Å². The van der Waals surface area contributed by atoms with Crippen LogP contribution in [0.25, 0.3) is 10.6 Å². The molecule has 0 spiro atoms. The largest absolute Gasteiger partial charge is 0.375 e. The summed E-state index contributed by atoms with van der Waals surface area (Å²) < 4.78 is 0. The minimum atomic E-state index is 0.615. The van der Waals surface area contributed by atoms with Gasteiger partial charge in [-0.25, -0.2) is 9.97 Å². The smallest absolute Gasteiger partial charge is 0.180 e. The normalized spacial score (nSPS) is 11.3. The fourth-order valence-electron chi connectivity index (χ4n) is 1.57. The van der Waals surface area contributed by atoms with Crippen molar-refractivity contribution in [2.24, 2.45) is 0 Å². The molecule has 2 heterocycles. The molecule has 4 nitrogen and oxygen atoms in total. The second kappa shape index (κ2) is 5.12. The topological polar surface area (TPSA) is 55.0 Å². The zero-order valence-corrected chi connectivity index (χ0v) is 11.9. The van der Waals surface area contributed by atoms with Gasteiger partial charge in [0.15, 0.2) is 5.13 Å². The van der Waals surface area contributed by atoms with Crippen LogP contribution in [0.3, 0.4) is 0 Å². The van der Waals surface area contributed by atoms with E-state index >= 15 is 0 Å². The van der Waals surface area contributed by atoms with Crippen LogP contribution in [0.2, 0.25) is 0 Å². The van der Waals surface area contributed by atoms with Gasteiger partial charge in [-0.3, -0.25) is 0 Å². The molecule has 17 heavy (non-hydrogen) atoms. The Balaban J connectivity index is 2.35. The van der Waals surface area contributed by atoms with Crippen molar-refractivity contribution in [3.05, 3.63) is 16.1 Å². The number of nitrogen functional groups attached to an aromatic ring is 1. The number of nitrogens with two attached hydrogens (primary N) is 1. The van der Waals surface area contributed by atoms with Gasteiger partial charge in [-0.2, -0.15) is 0 Å². The minimum Gasteiger partial charge on any atom is -0.375 e. The zero-order valence-electron chi connectivity index (χ0n) is 10.2. The van der Waals surface area contributed by atoms with Crippen molar-refractivity contribution in [3.63, 3.8) is 0 Å². The molecule has 0 saturated carbocycles. The van der Waals surface area contributed by atoms with Gasteiger partial charge in [0.2, 0.25) is 0 Å². The van der Waals surface area contributed by atoms with Gasteiger partial charge in [0.25, 0.3) is 0 Å². The summed E-state index contributed by atoms with van der Waals surface area (Å²) in [6.45, 7) is 2.99. The first kappa shape index (κ1) is 12.5. The monoisotopic (exact) mass is 268 g/mol. The molecule has 0 unspecified atom stereocenters. The average molecular weight is 268 g/mol. The van der Waals surface area contributed by atoms with Crippen molar-refractivity contribution in [1.82, 2.24) is 14.9 Å². The molecule has 0 bridgehead atoms. The molecule has 92 valence electrons. The molecule has 6 heteroatoms. The maximum absolute atomic E-state index is 5.68. The number of hydrogen-bond acceptors (Lipinski definition) is 6. The molecule has 0 aromatic carbocycles. The first-order chi connectivity index (χ1) is 8.10. The highest BCUT2D eigenvalue weighted by Crippen LogP contribution is 2.32. The summed E-state index contributed by atoms with van der Waals surface area (Å²) in [5, 5.41) is 3.75. The second-order valence-electron chi connectivity index (χ2n) is 4.05. The molecule has 2 aromatic heterocycles. The van der Waals surface area contributed by atoms with E-state index in [0.717, 1.165) is 34.2 Å². The predicted octanol–water partition coefficient (Wildman–Crippen LogP) is 2.47. The summed E-state index contributed by atoms with van der Waals surface area (Å²) in [5.41, 5.74) is 7.77. The Morgan fingerprint density at radius 3 is 2.65 bits per heavy atom. The van der Waals surface area contributed by atoms with E-state index in [4.69, 9.17) is 5.73 Å². The van der Waals surface area contributed by atoms with Gasteiger partial charge < -0.3 is 10.6 Å². The minimum absolute atomic E-state index is 0.615. The summed E-state index contributed by atoms with van der Waals surface area (Å²) in [5.74, 6) is 0. The van der Waals surface area contributed by atoms with Crippen LogP contribution in [0.5, 0.6) is 0 Å². The number of anilines is 1. The quantitative estimate of drug-likeness (QED) is 0.925. The van der Waals surface area contributed by atoms with Gasteiger partial charge in [-0.15, -0.1) is 22.7 Å². The Bertz CT molecular complexity index is 501. The van der Waals surface area contributed by atoms with E-state index in [1.807, 2.05) is 19.5 Å². The van der Waals surface area contributed by atoms with Crippen LogP contribution in [0, 0.1) is 0 Å². The van der Waals surface area contributed by atoms with Crippen LogP contribution in [-0.4, -0.2) is 29.0 Å². The summed E-state index contributed by atoms with van der Waals surface area (Å²) in [4.78, 5) is 12.3. The molecule has 2 aromatic rings. The van der Waals surface area contributed by atoms with Crippen molar-refractivity contribution < 1.29 is 0 Å². The standard InChI is InChI=1S/C11H16N4S2/c1-4-7-10(8-6-16-11(12)14-8)17-9(13-7)5-15(2)3/h6H,4-5H2,1-3H3,(H2,12,14). The van der Waals surface area contributed by atoms with Crippen molar-refractivity contribution in [1.29, 1.82) is 0 Å². The van der Waals surface area contributed by atoms with Crippen LogP contribution in [0.15, 0.2) is 5.38 Å². The molecule has 2 N–H and O–H groups in total. The zero-order chi connectivity index (χ0) is 12.4. The highest BCUT2D eigenvalue weighted by Gasteiger charge is 2.14. The Labute approximate surface area is 109 Å². The van der Waals surface area contributed by atoms with Gasteiger partial charge >= 0.3 is 0 Å². The molecule has 0 fully saturated rings. The van der Waals surface area contributed by atoms with Crippen LogP contribution < -0.4 is 5.73 Å². The molecule has 0 aliphatic rings. The lowest BCUT2D eigenvalue weighted by Gasteiger charge is -2.04. The summed E-state index contributed by atoms with van der Waals surface area (Å²) in [6.07, 6.45) is 0.927. The number of hydrogen-bond donors (Lipinski definition) is 1. The highest BCUT2D eigenvalue weighted by atomic mass is 32.1. The fraction of sp³-hybridized carbons (Fsp3) is 0.455. The van der Waals surface area contributed by atoms with E-state index < -0.39 is 0 Å². The molecule has 0 aliphatic carbocycles. The first-order valence-electron chi connectivity index (χ1n) is 5.44. The maximum Gasteiger partial charge on any atom is 0.180 e. The van der Waals surface area contributed by atoms with Gasteiger partial charge in [0, 0.05) is 11.9 Å². The van der Waals surface area contributed by atoms with Crippen molar-refractivity contribution in [3.8, 4) is 10.6 Å². The van der Waals surface area contributed by atoms with Gasteiger partial charge in [0.05, 0.1) is 16.3 Å². The third-order valence-corrected chi connectivity index (χ3v) is 4.06. The van der Waals surface area contributed by atoms with E-state index in [1.54, 1.807) is 11.3 Å². The Morgan fingerprint density at radius 1 is 1.35 bits per heavy atom. The number of aromatic nitrogens is 2. The van der Waals surface area contributed by atoms with E-state index in [2.05, 4.69) is 21.8 Å². The third-order valence-electron chi connectivity index (χ3n) is 2.28. The number of aryl methyl sites for hydroxylation is 1. The summed E-state index contributed by atoms with van der Waals surface area (Å²) >= 11 is 3.19. The molecular formula is C11H16N4S2. The lowest BCUT2D eigenvalue weighted by molar-refractivity contribution is 0.401. The Morgan fingerprint density at radius 2 is 2.12 bits per heavy atom. The number of thiazole rings is 2. The highest BCUT2D eigenvalue weighted by molar-refractivity contribution is 7.16. The summed E-state index contributed by atoms with van der Waals surface area (Å²) in [6, 6.07) is 0. The Hall–Kier alpha value is -0.980. The van der Waals surface area contributed by atoms with Crippen molar-refractivity contribution in [2.45, 2.75) is 19.9 Å². The van der Waals surface area contributed by atoms with E-state index in [0.29, 0.717) is 5.13 Å². The average Bonchev–Trinajstić information content (AvgIpc) is 2.83. The van der Waals surface area contributed by atoms with Crippen LogP contribution in [-0.2, 0) is 13.0 Å². The van der Waals surface area contributed by atoms with Crippen LogP contribution in [0.1, 0.15) is 17.6 Å². The van der Waals surface area contributed by atoms with Gasteiger partial charge in [-0.1, -0.05) is 6.92 Å². The third kappa shape index (κ3) is 2.83. The van der Waals surface area contributed by atoms with E-state index in [9.17, 15) is 0 Å². The first-order valence-corrected chi connectivity index (χ1v) is 7.14. The fourth-order valence-corrected chi connectivity index (χ4v) is 3.43. The molecule has 0 radical (unpaired) electrons. The maximum atomic E-state index is 5.68. The molecule has 0 atom stereocenters. The molecule has 0 aliphatic heterocycles. The van der Waals surface area contributed by atoms with Crippen molar-refractivity contribution >= 4 is 27.8 Å². The van der Waals surface area contributed by atoms with E-state index in [-0.39, 0.29) is 0 Å². The SMILES string of the molecule is CCc1nc(CN(C)C)sc1-c1csc(N)n1. The molecule has 0 amide bonds. The molecular weight excluding hydrogens is 252 g/mol. The van der Waals surface area contributed by atoms with Crippen LogP contribution >= 0.6 is 22.7 Å². The van der Waals surface area contributed by atoms with E-state index in [1.165, 1.54) is 11.3 Å². The Kier molecular flexibility index (Phi) is 3.76. The van der Waals surface area contributed by atoms with Crippen molar-refractivity contribution in [2.75, 3.05) is 19.8 Å². The van der Waals surface area contributed by atoms with Crippen LogP contribution in [0.4, 0.5) is 5.13 Å². The molecule has 2 rings (SSSR count). The second-order valence-corrected chi connectivity index (χ2v) is 6.02. The molecule has 0 saturated heterocycles. The summed E-state index contributed by atoms with van der Waals surface area (Å²) in [7, 11) is 4.10. The lowest BCUT2D eigenvalue weighted by Crippen LogP contribution is -2.10. The predicted molar refractivity (Wildman–Crippen MR) is 74.4 cm³/mol. The number of nitrogens with zero attached hydrogens (tertiary/aromatic N) is 3.